The molecule has 1 aliphatic carbocycles. The Morgan fingerprint density at radius 3 is 2.53 bits per heavy atom. The van der Waals surface area contributed by atoms with Crippen LogP contribution in [0.25, 0.3) is 0 Å². The molecule has 0 radical (unpaired) electrons. The van der Waals surface area contributed by atoms with Crippen molar-refractivity contribution in [1.29, 1.82) is 0 Å². The summed E-state index contributed by atoms with van der Waals surface area (Å²) in [4.78, 5) is 14.1. The fourth-order valence-electron chi connectivity index (χ4n) is 2.67. The van der Waals surface area contributed by atoms with Gasteiger partial charge in [-0.2, -0.15) is 0 Å². The number of nitrogens with zero attached hydrogens (tertiary/aromatic N) is 1. The standard InChI is InChI=1S/C15H31N3O/c1-12(2)14(16)15(19)17-10-7-11-18(3)13-8-5-4-6-9-13/h12-14H,4-11,16H2,1-3H3,(H,17,19). The van der Waals surface area contributed by atoms with E-state index in [-0.39, 0.29) is 17.9 Å². The topological polar surface area (TPSA) is 58.4 Å². The molecule has 1 saturated carbocycles. The van der Waals surface area contributed by atoms with Crippen molar-refractivity contribution in [2.45, 2.75) is 64.5 Å². The third-order valence-electron chi connectivity index (χ3n) is 4.21. The van der Waals surface area contributed by atoms with Gasteiger partial charge >= 0.3 is 0 Å². The number of carbonyl (C=O) groups excluding carboxylic acids is 1. The lowest BCUT2D eigenvalue weighted by molar-refractivity contribution is -0.123. The molecule has 0 bridgehead atoms. The second-order valence-electron chi connectivity index (χ2n) is 6.19. The maximum absolute atomic E-state index is 11.7. The Bertz CT molecular complexity index is 262. The molecule has 0 saturated heterocycles. The van der Waals surface area contributed by atoms with E-state index in [4.69, 9.17) is 5.73 Å². The maximum Gasteiger partial charge on any atom is 0.237 e. The van der Waals surface area contributed by atoms with Gasteiger partial charge in [-0.3, -0.25) is 4.79 Å². The summed E-state index contributed by atoms with van der Waals surface area (Å²) in [5, 5.41) is 2.93. The summed E-state index contributed by atoms with van der Waals surface area (Å²) in [6.07, 6.45) is 7.81. The molecule has 0 spiro atoms. The quantitative estimate of drug-likeness (QED) is 0.692. The van der Waals surface area contributed by atoms with E-state index in [1.165, 1.54) is 32.1 Å². The average Bonchev–Trinajstić information content (AvgIpc) is 2.43. The number of carbonyl (C=O) groups is 1. The van der Waals surface area contributed by atoms with E-state index in [2.05, 4.69) is 17.3 Å². The van der Waals surface area contributed by atoms with Gasteiger partial charge in [0.15, 0.2) is 0 Å². The Morgan fingerprint density at radius 1 is 1.32 bits per heavy atom. The average molecular weight is 269 g/mol. The summed E-state index contributed by atoms with van der Waals surface area (Å²) in [5.41, 5.74) is 5.80. The molecule has 19 heavy (non-hydrogen) atoms. The van der Waals surface area contributed by atoms with Crippen LogP contribution in [0.5, 0.6) is 0 Å². The lowest BCUT2D eigenvalue weighted by Gasteiger charge is -2.31. The minimum atomic E-state index is -0.379. The molecule has 0 aliphatic heterocycles. The molecule has 4 nitrogen and oxygen atoms in total. The summed E-state index contributed by atoms with van der Waals surface area (Å²) < 4.78 is 0. The van der Waals surface area contributed by atoms with Crippen LogP contribution in [-0.4, -0.2) is 43.0 Å². The van der Waals surface area contributed by atoms with Gasteiger partial charge in [0.2, 0.25) is 5.91 Å². The SMILES string of the molecule is CC(C)C(N)C(=O)NCCCN(C)C1CCCCC1. The Morgan fingerprint density at radius 2 is 1.95 bits per heavy atom. The highest BCUT2D eigenvalue weighted by Gasteiger charge is 2.18. The number of amides is 1. The third kappa shape index (κ3) is 5.91. The molecule has 1 rings (SSSR count). The first-order valence-corrected chi connectivity index (χ1v) is 7.76. The highest BCUT2D eigenvalue weighted by Crippen LogP contribution is 2.21. The summed E-state index contributed by atoms with van der Waals surface area (Å²) in [6.45, 7) is 5.74. The van der Waals surface area contributed by atoms with Crippen LogP contribution in [0.4, 0.5) is 0 Å². The monoisotopic (exact) mass is 269 g/mol. The van der Waals surface area contributed by atoms with Gasteiger partial charge in [-0.05, 0) is 38.8 Å². The third-order valence-corrected chi connectivity index (χ3v) is 4.21. The molecule has 1 unspecified atom stereocenters. The second kappa shape index (κ2) is 8.54. The van der Waals surface area contributed by atoms with Gasteiger partial charge in [0.05, 0.1) is 6.04 Å². The van der Waals surface area contributed by atoms with Crippen LogP contribution < -0.4 is 11.1 Å². The Kier molecular flexibility index (Phi) is 7.39. The van der Waals surface area contributed by atoms with Crippen LogP contribution >= 0.6 is 0 Å². The zero-order chi connectivity index (χ0) is 14.3. The minimum Gasteiger partial charge on any atom is -0.355 e. The molecule has 0 aromatic rings. The first-order chi connectivity index (χ1) is 9.02. The van der Waals surface area contributed by atoms with Gasteiger partial charge in [0.25, 0.3) is 0 Å². The molecule has 3 N–H and O–H groups in total. The van der Waals surface area contributed by atoms with Crippen molar-refractivity contribution in [3.05, 3.63) is 0 Å². The van der Waals surface area contributed by atoms with E-state index in [0.717, 1.165) is 25.6 Å². The highest BCUT2D eigenvalue weighted by atomic mass is 16.2. The van der Waals surface area contributed by atoms with E-state index in [9.17, 15) is 4.79 Å². The predicted octanol–water partition coefficient (Wildman–Crippen LogP) is 1.74. The Balaban J connectivity index is 2.11. The van der Waals surface area contributed by atoms with Crippen LogP contribution in [0.2, 0.25) is 0 Å². The lowest BCUT2D eigenvalue weighted by atomic mass is 9.94. The van der Waals surface area contributed by atoms with Crippen molar-refractivity contribution in [1.82, 2.24) is 10.2 Å². The van der Waals surface area contributed by atoms with Crippen molar-refractivity contribution in [2.75, 3.05) is 20.1 Å². The Labute approximate surface area is 118 Å². The van der Waals surface area contributed by atoms with Crippen LogP contribution in [0.3, 0.4) is 0 Å². The smallest absolute Gasteiger partial charge is 0.237 e. The van der Waals surface area contributed by atoms with Crippen molar-refractivity contribution in [3.8, 4) is 0 Å². The summed E-state index contributed by atoms with van der Waals surface area (Å²) in [5.74, 6) is 0.181. The first kappa shape index (κ1) is 16.4. The predicted molar refractivity (Wildman–Crippen MR) is 79.9 cm³/mol. The van der Waals surface area contributed by atoms with E-state index in [0.29, 0.717) is 0 Å². The van der Waals surface area contributed by atoms with Crippen molar-refractivity contribution in [3.63, 3.8) is 0 Å². The number of nitrogens with two attached hydrogens (primary N) is 1. The number of hydrogen-bond acceptors (Lipinski definition) is 3. The number of hydrogen-bond donors (Lipinski definition) is 2. The molecule has 0 heterocycles. The number of nitrogens with one attached hydrogen (secondary N) is 1. The van der Waals surface area contributed by atoms with Crippen molar-refractivity contribution in [2.24, 2.45) is 11.7 Å². The van der Waals surface area contributed by atoms with Gasteiger partial charge in [-0.25, -0.2) is 0 Å². The lowest BCUT2D eigenvalue weighted by Crippen LogP contribution is -2.44. The molecule has 112 valence electrons. The van der Waals surface area contributed by atoms with Gasteiger partial charge < -0.3 is 16.0 Å². The normalized spacial score (nSPS) is 18.8. The molecule has 0 aromatic heterocycles. The summed E-state index contributed by atoms with van der Waals surface area (Å²) in [7, 11) is 2.21. The van der Waals surface area contributed by atoms with E-state index in [1.807, 2.05) is 13.8 Å². The molecular formula is C15H31N3O. The number of rotatable bonds is 7. The van der Waals surface area contributed by atoms with Crippen LogP contribution in [-0.2, 0) is 4.79 Å². The summed E-state index contributed by atoms with van der Waals surface area (Å²) >= 11 is 0. The second-order valence-corrected chi connectivity index (χ2v) is 6.19. The van der Waals surface area contributed by atoms with Gasteiger partial charge in [0, 0.05) is 12.6 Å². The van der Waals surface area contributed by atoms with Crippen molar-refractivity contribution < 1.29 is 4.79 Å². The van der Waals surface area contributed by atoms with Gasteiger partial charge in [-0.1, -0.05) is 33.1 Å². The zero-order valence-electron chi connectivity index (χ0n) is 12.8. The molecule has 1 amide bonds. The fraction of sp³-hybridized carbons (Fsp3) is 0.933. The van der Waals surface area contributed by atoms with Gasteiger partial charge in [0.1, 0.15) is 0 Å². The van der Waals surface area contributed by atoms with E-state index >= 15 is 0 Å². The van der Waals surface area contributed by atoms with Gasteiger partial charge in [-0.15, -0.1) is 0 Å². The minimum absolute atomic E-state index is 0.0182. The molecule has 1 fully saturated rings. The van der Waals surface area contributed by atoms with Crippen LogP contribution in [0.15, 0.2) is 0 Å². The Hall–Kier alpha value is -0.610. The van der Waals surface area contributed by atoms with E-state index < -0.39 is 0 Å². The molecule has 4 heteroatoms. The largest absolute Gasteiger partial charge is 0.355 e. The molecular weight excluding hydrogens is 238 g/mol. The van der Waals surface area contributed by atoms with Crippen LogP contribution in [0, 0.1) is 5.92 Å². The first-order valence-electron chi connectivity index (χ1n) is 7.76. The van der Waals surface area contributed by atoms with Crippen LogP contribution in [0.1, 0.15) is 52.4 Å². The van der Waals surface area contributed by atoms with E-state index in [1.54, 1.807) is 0 Å². The molecule has 1 aliphatic rings. The maximum atomic E-state index is 11.7. The highest BCUT2D eigenvalue weighted by molar-refractivity contribution is 5.81. The summed E-state index contributed by atoms with van der Waals surface area (Å²) in [6, 6.07) is 0.374. The molecule has 0 aromatic carbocycles. The molecule has 1 atom stereocenters. The zero-order valence-corrected chi connectivity index (χ0v) is 12.8. The van der Waals surface area contributed by atoms with Crippen molar-refractivity contribution >= 4 is 5.91 Å². The fourth-order valence-corrected chi connectivity index (χ4v) is 2.67.